The number of benzene rings is 2. The molecule has 0 amide bonds. The van der Waals surface area contributed by atoms with Crippen LogP contribution in [0.5, 0.6) is 0 Å². The van der Waals surface area contributed by atoms with Crippen molar-refractivity contribution in [1.82, 2.24) is 0 Å². The third-order valence-corrected chi connectivity index (χ3v) is 12.3. The summed E-state index contributed by atoms with van der Waals surface area (Å²) >= 11 is 0. The number of ether oxygens (including phenoxy) is 2. The smallest absolute Gasteiger partial charge is 0.320 e. The Kier molecular flexibility index (Phi) is 9.68. The van der Waals surface area contributed by atoms with E-state index in [1.54, 1.807) is 0 Å². The Hall–Kier alpha value is -2.70. The van der Waals surface area contributed by atoms with Crippen LogP contribution in [-0.4, -0.2) is 41.1 Å². The average molecular weight is 509 g/mol. The molecule has 0 unspecified atom stereocenters. The Labute approximate surface area is 217 Å². The van der Waals surface area contributed by atoms with E-state index in [0.29, 0.717) is 24.9 Å². The fraction of sp³-hybridized carbons (Fsp3) is 0.467. The Morgan fingerprint density at radius 2 is 1.31 bits per heavy atom. The minimum Gasteiger partial charge on any atom is -0.468 e. The van der Waals surface area contributed by atoms with Gasteiger partial charge in [0.15, 0.2) is 5.92 Å². The minimum atomic E-state index is -2.53. The summed E-state index contributed by atoms with van der Waals surface area (Å²) in [6.45, 7) is 7.57. The van der Waals surface area contributed by atoms with Gasteiger partial charge in [0.2, 0.25) is 0 Å². The van der Waals surface area contributed by atoms with E-state index in [1.807, 2.05) is 0 Å². The van der Waals surface area contributed by atoms with Crippen LogP contribution in [0.4, 0.5) is 0 Å². The molecule has 0 spiro atoms. The molecule has 2 aromatic rings. The molecule has 0 radical (unpaired) electrons. The van der Waals surface area contributed by atoms with Crippen LogP contribution in [-0.2, 0) is 23.5 Å². The molecule has 0 saturated heterocycles. The van der Waals surface area contributed by atoms with Crippen molar-refractivity contribution >= 4 is 30.6 Å². The molecule has 5 nitrogen and oxygen atoms in total. The van der Waals surface area contributed by atoms with E-state index >= 15 is 0 Å². The first kappa shape index (κ1) is 27.9. The van der Waals surface area contributed by atoms with Crippen LogP contribution in [0.15, 0.2) is 72.8 Å². The maximum Gasteiger partial charge on any atom is 0.320 e. The Bertz CT molecular complexity index is 957. The van der Waals surface area contributed by atoms with Gasteiger partial charge in [-0.1, -0.05) is 93.6 Å². The molecule has 0 aromatic heterocycles. The maximum absolute atomic E-state index is 12.0. The molecule has 0 bridgehead atoms. The van der Waals surface area contributed by atoms with Crippen LogP contribution >= 0.6 is 0 Å². The first-order chi connectivity index (χ1) is 17.2. The van der Waals surface area contributed by atoms with Gasteiger partial charge in [-0.2, -0.15) is 0 Å². The summed E-state index contributed by atoms with van der Waals surface area (Å²) in [4.78, 5) is 24.0. The predicted molar refractivity (Wildman–Crippen MR) is 146 cm³/mol. The molecule has 0 N–H and O–H groups in total. The fourth-order valence-corrected chi connectivity index (χ4v) is 9.99. The molecule has 1 aliphatic carbocycles. The van der Waals surface area contributed by atoms with Gasteiger partial charge in [-0.25, -0.2) is 0 Å². The van der Waals surface area contributed by atoms with Gasteiger partial charge in [-0.3, -0.25) is 9.59 Å². The molecule has 36 heavy (non-hydrogen) atoms. The monoisotopic (exact) mass is 508 g/mol. The van der Waals surface area contributed by atoms with Crippen LogP contribution < -0.4 is 10.4 Å². The second-order valence-electron chi connectivity index (χ2n) is 10.6. The van der Waals surface area contributed by atoms with Crippen molar-refractivity contribution in [2.45, 2.75) is 51.5 Å². The number of hydrogen-bond acceptors (Lipinski definition) is 5. The van der Waals surface area contributed by atoms with E-state index in [1.165, 1.54) is 24.6 Å². The Balaban J connectivity index is 1.66. The van der Waals surface area contributed by atoms with Crippen molar-refractivity contribution in [2.75, 3.05) is 20.8 Å². The first-order valence-corrected chi connectivity index (χ1v) is 14.7. The lowest BCUT2D eigenvalue weighted by atomic mass is 9.93. The number of allylic oxidation sites excluding steroid dienone is 2. The van der Waals surface area contributed by atoms with Gasteiger partial charge in [-0.15, -0.1) is 0 Å². The molecule has 2 atom stereocenters. The summed E-state index contributed by atoms with van der Waals surface area (Å²) in [6, 6.07) is 21.4. The number of carbonyl (C=O) groups excluding carboxylic acids is 2. The minimum absolute atomic E-state index is 0.0411. The van der Waals surface area contributed by atoms with Gasteiger partial charge >= 0.3 is 11.9 Å². The van der Waals surface area contributed by atoms with E-state index in [0.717, 1.165) is 19.3 Å². The molecular formula is C30H40O5Si. The molecule has 2 aromatic carbocycles. The van der Waals surface area contributed by atoms with E-state index in [2.05, 4.69) is 93.6 Å². The van der Waals surface area contributed by atoms with Gasteiger partial charge in [0, 0.05) is 6.61 Å². The van der Waals surface area contributed by atoms with Crippen molar-refractivity contribution < 1.29 is 23.5 Å². The van der Waals surface area contributed by atoms with Gasteiger partial charge in [0.05, 0.1) is 14.2 Å². The lowest BCUT2D eigenvalue weighted by Crippen LogP contribution is -2.66. The van der Waals surface area contributed by atoms with Crippen molar-refractivity contribution in [3.8, 4) is 0 Å². The molecule has 1 aliphatic rings. The Morgan fingerprint density at radius 3 is 1.75 bits per heavy atom. The summed E-state index contributed by atoms with van der Waals surface area (Å²) in [7, 11) is 0.0734. The number of methoxy groups -OCH3 is 2. The highest BCUT2D eigenvalue weighted by Gasteiger charge is 2.50. The van der Waals surface area contributed by atoms with Crippen molar-refractivity contribution in [2.24, 2.45) is 17.8 Å². The van der Waals surface area contributed by atoms with Gasteiger partial charge < -0.3 is 13.9 Å². The van der Waals surface area contributed by atoms with Gasteiger partial charge in [0.1, 0.15) is 0 Å². The maximum atomic E-state index is 12.0. The highest BCUT2D eigenvalue weighted by molar-refractivity contribution is 6.99. The SMILES string of the molecule is COC(=O)C(CC[C@@H]1C=C[C@H](CCO[Si](c2ccccc2)(c2ccccc2)C(C)(C)C)C1)C(=O)OC. The van der Waals surface area contributed by atoms with Crippen molar-refractivity contribution in [3.05, 3.63) is 72.8 Å². The Morgan fingerprint density at radius 1 is 0.833 bits per heavy atom. The highest BCUT2D eigenvalue weighted by atomic mass is 28.4. The summed E-state index contributed by atoms with van der Waals surface area (Å²) in [5.41, 5.74) is 0. The number of hydrogen-bond donors (Lipinski definition) is 0. The van der Waals surface area contributed by atoms with Crippen LogP contribution in [0.2, 0.25) is 5.04 Å². The average Bonchev–Trinajstić information content (AvgIpc) is 3.34. The van der Waals surface area contributed by atoms with Crippen LogP contribution in [0.25, 0.3) is 0 Å². The topological polar surface area (TPSA) is 61.8 Å². The summed E-state index contributed by atoms with van der Waals surface area (Å²) < 4.78 is 16.6. The zero-order chi connectivity index (χ0) is 26.2. The first-order valence-electron chi connectivity index (χ1n) is 12.8. The van der Waals surface area contributed by atoms with Gasteiger partial charge in [0.25, 0.3) is 8.32 Å². The molecule has 194 valence electrons. The fourth-order valence-electron chi connectivity index (χ4n) is 5.41. The lowest BCUT2D eigenvalue weighted by Gasteiger charge is -2.43. The van der Waals surface area contributed by atoms with E-state index in [9.17, 15) is 9.59 Å². The number of esters is 2. The molecule has 0 fully saturated rings. The normalized spacial score (nSPS) is 17.8. The summed E-state index contributed by atoms with van der Waals surface area (Å²) in [6.07, 6.45) is 7.61. The summed E-state index contributed by atoms with van der Waals surface area (Å²) in [5, 5.41) is 2.54. The van der Waals surface area contributed by atoms with E-state index in [4.69, 9.17) is 13.9 Å². The second kappa shape index (κ2) is 12.5. The standard InChI is InChI=1S/C30H40O5Si/c1-30(2,3)36(25-12-8-6-9-13-25,26-14-10-7-11-15-26)35-21-20-24-17-16-23(22-24)18-19-27(28(31)33-4)29(32)34-5/h6-17,23-24,27H,18-22H2,1-5H3/t23-,24+/m0/s1. The molecule has 0 saturated carbocycles. The van der Waals surface area contributed by atoms with Crippen LogP contribution in [0.3, 0.4) is 0 Å². The van der Waals surface area contributed by atoms with Crippen molar-refractivity contribution in [3.63, 3.8) is 0 Å². The third kappa shape index (κ3) is 6.34. The molecule has 0 aliphatic heterocycles. The molecule has 6 heteroatoms. The largest absolute Gasteiger partial charge is 0.468 e. The lowest BCUT2D eigenvalue weighted by molar-refractivity contribution is -0.159. The second-order valence-corrected chi connectivity index (χ2v) is 14.9. The van der Waals surface area contributed by atoms with E-state index < -0.39 is 26.2 Å². The van der Waals surface area contributed by atoms with E-state index in [-0.39, 0.29) is 5.04 Å². The molecule has 3 rings (SSSR count). The quantitative estimate of drug-likeness (QED) is 0.187. The molecule has 0 heterocycles. The summed E-state index contributed by atoms with van der Waals surface area (Å²) in [5.74, 6) is -1.16. The zero-order valence-corrected chi connectivity index (χ0v) is 23.2. The van der Waals surface area contributed by atoms with Crippen LogP contribution in [0.1, 0.15) is 46.5 Å². The number of rotatable bonds is 11. The van der Waals surface area contributed by atoms with Gasteiger partial charge in [-0.05, 0) is 52.9 Å². The third-order valence-electron chi connectivity index (χ3n) is 7.28. The predicted octanol–water partition coefficient (Wildman–Crippen LogP) is 4.89. The number of carbonyl (C=O) groups is 2. The zero-order valence-electron chi connectivity index (χ0n) is 22.2. The molecular weight excluding hydrogens is 468 g/mol. The van der Waals surface area contributed by atoms with Crippen LogP contribution in [0, 0.1) is 17.8 Å². The van der Waals surface area contributed by atoms with Crippen molar-refractivity contribution in [1.29, 1.82) is 0 Å². The highest BCUT2D eigenvalue weighted by Crippen LogP contribution is 2.37.